The van der Waals surface area contributed by atoms with E-state index in [2.05, 4.69) is 328 Å². The maximum absolute atomic E-state index is 2.54. The van der Waals surface area contributed by atoms with Crippen molar-refractivity contribution in [3.8, 4) is 89.0 Å². The van der Waals surface area contributed by atoms with Crippen LogP contribution in [0.2, 0.25) is 0 Å². The van der Waals surface area contributed by atoms with Crippen LogP contribution in [-0.4, -0.2) is 0 Å². The lowest BCUT2D eigenvalue weighted by molar-refractivity contribution is 0.442. The van der Waals surface area contributed by atoms with E-state index in [0.29, 0.717) is 0 Å². The van der Waals surface area contributed by atoms with Crippen molar-refractivity contribution in [2.75, 3.05) is 0 Å². The molecule has 82 heavy (non-hydrogen) atoms. The minimum Gasteiger partial charge on any atom is -0.0622 e. The first kappa shape index (κ1) is 47.6. The summed E-state index contributed by atoms with van der Waals surface area (Å²) in [5.41, 5.74) is 25.6. The van der Waals surface area contributed by atoms with E-state index in [1.165, 1.54) is 144 Å². The fourth-order valence-corrected chi connectivity index (χ4v) is 15.2. The first-order valence-electron chi connectivity index (χ1n) is 28.7. The van der Waals surface area contributed by atoms with Crippen molar-refractivity contribution in [2.24, 2.45) is 0 Å². The number of hydrogen-bond acceptors (Lipinski definition) is 0. The van der Waals surface area contributed by atoms with E-state index >= 15 is 0 Å². The van der Waals surface area contributed by atoms with E-state index < -0.39 is 10.8 Å². The van der Waals surface area contributed by atoms with Crippen LogP contribution in [0.25, 0.3) is 111 Å². The van der Waals surface area contributed by atoms with Crippen LogP contribution in [0.4, 0.5) is 0 Å². The summed E-state index contributed by atoms with van der Waals surface area (Å²) in [5.74, 6) is 0. The van der Waals surface area contributed by atoms with E-state index in [-0.39, 0.29) is 0 Å². The summed E-state index contributed by atoms with van der Waals surface area (Å²) in [5, 5.41) is 5.08. The Bertz CT molecular complexity index is 4320. The van der Waals surface area contributed by atoms with Gasteiger partial charge in [-0.25, -0.2) is 0 Å². The minimum atomic E-state index is -0.724. The van der Waals surface area contributed by atoms with Crippen LogP contribution >= 0.6 is 0 Å². The van der Waals surface area contributed by atoms with Crippen molar-refractivity contribution < 1.29 is 0 Å². The molecule has 0 unspecified atom stereocenters. The quantitative estimate of drug-likeness (QED) is 0.128. The molecule has 0 nitrogen and oxygen atoms in total. The highest BCUT2D eigenvalue weighted by atomic mass is 14.6. The normalized spacial score (nSPS) is 13.3. The SMILES string of the molecule is c1ccc(-c2c(-c3ccccc3)c(-c3ccccc3)c3c(-c4ccccc4)c4c(c(-c5ccccc5)c3c2-c2ccccc2)-c2ccc3c5c(ccc-4c25)C(c2ccccc2)(c2ccccc2)C3(c2ccccc2)c2ccccc2)cc1. The van der Waals surface area contributed by atoms with Crippen molar-refractivity contribution >= 4 is 21.5 Å². The number of fused-ring (bicyclic) bond motifs is 4. The van der Waals surface area contributed by atoms with Crippen molar-refractivity contribution in [2.45, 2.75) is 10.8 Å². The Morgan fingerprint density at radius 3 is 0.598 bits per heavy atom. The van der Waals surface area contributed by atoms with Crippen LogP contribution in [0, 0.1) is 0 Å². The van der Waals surface area contributed by atoms with E-state index in [1.807, 2.05) is 0 Å². The van der Waals surface area contributed by atoms with Gasteiger partial charge in [-0.1, -0.05) is 328 Å². The van der Waals surface area contributed by atoms with Crippen molar-refractivity contribution in [3.63, 3.8) is 0 Å². The minimum absolute atomic E-state index is 0.724. The molecule has 14 aromatic rings. The standard InChI is InChI=1S/C82H54/c1-11-31-55(32-12-1)69-70(56-33-13-2-14-34-56)72(58-37-17-4-18-38-58)80-74(60-41-21-6-22-42-60)77-66-52-54-68-78-67(53-51-65(75(66)78)76(77)73(59-39-19-5-20-40-59)79(80)71(69)57-35-15-3-16-36-57)81(61-43-23-7-24-44-61,62-45-25-8-26-46-62)82(68,63-47-27-9-28-48-63)64-49-29-10-30-50-64/h1-54H. The Kier molecular flexibility index (Phi) is 11.1. The van der Waals surface area contributed by atoms with Gasteiger partial charge in [0.2, 0.25) is 0 Å². The van der Waals surface area contributed by atoms with E-state index in [4.69, 9.17) is 0 Å². The van der Waals surface area contributed by atoms with E-state index in [0.717, 1.165) is 0 Å². The average molecular weight is 1040 g/mol. The highest BCUT2D eigenvalue weighted by Crippen LogP contribution is 2.70. The zero-order valence-electron chi connectivity index (χ0n) is 45.2. The molecular formula is C82H54. The summed E-state index contributed by atoms with van der Waals surface area (Å²) in [6, 6.07) is 123. The average Bonchev–Trinajstić information content (AvgIpc) is 1.56. The molecule has 2 aliphatic rings. The van der Waals surface area contributed by atoms with Gasteiger partial charge in [0.1, 0.15) is 0 Å². The summed E-state index contributed by atoms with van der Waals surface area (Å²) >= 11 is 0. The van der Waals surface area contributed by atoms with Crippen LogP contribution in [0.5, 0.6) is 0 Å². The molecule has 0 spiro atoms. The predicted molar refractivity (Wildman–Crippen MR) is 344 cm³/mol. The van der Waals surface area contributed by atoms with Gasteiger partial charge >= 0.3 is 0 Å². The zero-order valence-corrected chi connectivity index (χ0v) is 45.2. The first-order valence-corrected chi connectivity index (χ1v) is 28.7. The Morgan fingerprint density at radius 2 is 0.354 bits per heavy atom. The lowest BCUT2D eigenvalue weighted by Gasteiger charge is -2.49. The van der Waals surface area contributed by atoms with Crippen LogP contribution in [0.3, 0.4) is 0 Å². The van der Waals surface area contributed by atoms with Gasteiger partial charge in [0.15, 0.2) is 0 Å². The second-order valence-electron chi connectivity index (χ2n) is 22.0. The fraction of sp³-hybridized carbons (Fsp3) is 0.0244. The number of hydrogen-bond donors (Lipinski definition) is 0. The maximum Gasteiger partial charge on any atom is 0.0635 e. The molecule has 0 aromatic heterocycles. The molecular weight excluding hydrogens is 985 g/mol. The molecule has 0 heteroatoms. The molecule has 14 aromatic carbocycles. The topological polar surface area (TPSA) is 0 Å². The zero-order chi connectivity index (χ0) is 54.2. The summed E-state index contributed by atoms with van der Waals surface area (Å²) in [4.78, 5) is 0. The van der Waals surface area contributed by atoms with Crippen molar-refractivity contribution in [3.05, 3.63) is 361 Å². The number of benzene rings is 14. The van der Waals surface area contributed by atoms with Crippen molar-refractivity contribution in [1.82, 2.24) is 0 Å². The summed E-state index contributed by atoms with van der Waals surface area (Å²) in [6.45, 7) is 0. The lowest BCUT2D eigenvalue weighted by Crippen LogP contribution is -2.49. The van der Waals surface area contributed by atoms with Gasteiger partial charge in [0, 0.05) is 0 Å². The van der Waals surface area contributed by atoms with Crippen LogP contribution in [0.15, 0.2) is 328 Å². The molecule has 0 amide bonds. The molecule has 0 radical (unpaired) electrons. The molecule has 16 rings (SSSR count). The van der Waals surface area contributed by atoms with Crippen molar-refractivity contribution in [1.29, 1.82) is 0 Å². The Labute approximate surface area is 479 Å². The summed E-state index contributed by atoms with van der Waals surface area (Å²) in [6.07, 6.45) is 0. The molecule has 2 aliphatic carbocycles. The number of rotatable bonds is 10. The monoisotopic (exact) mass is 1040 g/mol. The Hall–Kier alpha value is -10.4. The summed E-state index contributed by atoms with van der Waals surface area (Å²) in [7, 11) is 0. The molecule has 0 N–H and O–H groups in total. The van der Waals surface area contributed by atoms with Crippen LogP contribution in [-0.2, 0) is 10.8 Å². The van der Waals surface area contributed by atoms with Gasteiger partial charge in [0.25, 0.3) is 0 Å². The third kappa shape index (κ3) is 6.73. The van der Waals surface area contributed by atoms with Gasteiger partial charge in [-0.05, 0) is 144 Å². The molecule has 0 saturated heterocycles. The second kappa shape index (κ2) is 19.2. The molecule has 0 bridgehead atoms. The second-order valence-corrected chi connectivity index (χ2v) is 22.0. The summed E-state index contributed by atoms with van der Waals surface area (Å²) < 4.78 is 0. The molecule has 0 fully saturated rings. The van der Waals surface area contributed by atoms with Gasteiger partial charge < -0.3 is 0 Å². The third-order valence-corrected chi connectivity index (χ3v) is 18.0. The highest BCUT2D eigenvalue weighted by Gasteiger charge is 2.63. The predicted octanol–water partition coefficient (Wildman–Crippen LogP) is 21.3. The lowest BCUT2D eigenvalue weighted by atomic mass is 9.50. The molecule has 382 valence electrons. The van der Waals surface area contributed by atoms with Gasteiger partial charge in [-0.2, -0.15) is 0 Å². The van der Waals surface area contributed by atoms with Gasteiger partial charge in [0.05, 0.1) is 10.8 Å². The fourth-order valence-electron chi connectivity index (χ4n) is 15.2. The van der Waals surface area contributed by atoms with E-state index in [1.54, 1.807) is 0 Å². The van der Waals surface area contributed by atoms with E-state index in [9.17, 15) is 0 Å². The third-order valence-electron chi connectivity index (χ3n) is 18.0. The Morgan fingerprint density at radius 1 is 0.146 bits per heavy atom. The van der Waals surface area contributed by atoms with Gasteiger partial charge in [-0.15, -0.1) is 0 Å². The van der Waals surface area contributed by atoms with Crippen LogP contribution in [0.1, 0.15) is 33.4 Å². The largest absolute Gasteiger partial charge is 0.0635 e. The molecule has 0 saturated carbocycles. The first-order chi connectivity index (χ1) is 40.8. The van der Waals surface area contributed by atoms with Gasteiger partial charge in [-0.3, -0.25) is 0 Å². The smallest absolute Gasteiger partial charge is 0.0622 e. The Balaban J connectivity index is 1.20. The molecule has 0 aliphatic heterocycles. The maximum atomic E-state index is 2.54. The van der Waals surface area contributed by atoms with Crippen LogP contribution < -0.4 is 0 Å². The molecule has 0 atom stereocenters. The highest BCUT2D eigenvalue weighted by molar-refractivity contribution is 6.35. The molecule has 0 heterocycles.